The van der Waals surface area contributed by atoms with E-state index in [1.165, 1.54) is 19.3 Å². The number of aromatic nitrogens is 2. The number of nitrogens with one attached hydrogen (secondary N) is 2. The summed E-state index contributed by atoms with van der Waals surface area (Å²) >= 11 is 0. The quantitative estimate of drug-likeness (QED) is 0.838. The van der Waals surface area contributed by atoms with Gasteiger partial charge in [-0.1, -0.05) is 13.3 Å². The molecule has 1 heterocycles. The lowest BCUT2D eigenvalue weighted by molar-refractivity contribution is 0.180. The van der Waals surface area contributed by atoms with Crippen LogP contribution < -0.4 is 10.9 Å². The molecule has 4 nitrogen and oxygen atoms in total. The van der Waals surface area contributed by atoms with Gasteiger partial charge >= 0.3 is 0 Å². The first-order valence-corrected chi connectivity index (χ1v) is 6.50. The molecule has 0 amide bonds. The van der Waals surface area contributed by atoms with E-state index in [0.29, 0.717) is 11.3 Å². The summed E-state index contributed by atoms with van der Waals surface area (Å²) in [6.45, 7) is 3.21. The Morgan fingerprint density at radius 1 is 1.53 bits per heavy atom. The highest BCUT2D eigenvalue weighted by molar-refractivity contribution is 5.34. The van der Waals surface area contributed by atoms with Crippen LogP contribution in [0.15, 0.2) is 10.9 Å². The van der Waals surface area contributed by atoms with E-state index in [1.54, 1.807) is 6.07 Å². The van der Waals surface area contributed by atoms with E-state index in [1.807, 2.05) is 0 Å². The molecule has 92 valence electrons. The fourth-order valence-corrected chi connectivity index (χ4v) is 2.38. The van der Waals surface area contributed by atoms with Crippen LogP contribution in [0.1, 0.15) is 50.8 Å². The van der Waals surface area contributed by atoms with E-state index in [-0.39, 0.29) is 5.56 Å². The molecule has 17 heavy (non-hydrogen) atoms. The lowest BCUT2D eigenvalue weighted by Gasteiger charge is -2.38. The third-order valence-corrected chi connectivity index (χ3v) is 3.98. The van der Waals surface area contributed by atoms with Crippen LogP contribution in [0.3, 0.4) is 0 Å². The normalized spacial score (nSPS) is 21.9. The molecule has 0 atom stereocenters. The number of nitrogens with zero attached hydrogens (tertiary/aromatic N) is 1. The van der Waals surface area contributed by atoms with Crippen molar-refractivity contribution < 1.29 is 0 Å². The minimum atomic E-state index is -0.0387. The summed E-state index contributed by atoms with van der Waals surface area (Å²) in [6, 6.07) is 1.56. The minimum absolute atomic E-state index is 0.0387. The zero-order valence-electron chi connectivity index (χ0n) is 10.3. The molecular formula is C13H19N3O. The molecule has 0 unspecified atom stereocenters. The average molecular weight is 233 g/mol. The SMILES string of the molecule is CC1(CNc2cc(=O)[nH]c(C3CC3)n2)CCC1. The summed E-state index contributed by atoms with van der Waals surface area (Å²) < 4.78 is 0. The average Bonchev–Trinajstić information content (AvgIpc) is 3.06. The van der Waals surface area contributed by atoms with Crippen LogP contribution in [0.25, 0.3) is 0 Å². The summed E-state index contributed by atoms with van der Waals surface area (Å²) in [5.74, 6) is 2.09. The highest BCUT2D eigenvalue weighted by Gasteiger charge is 2.31. The van der Waals surface area contributed by atoms with Gasteiger partial charge in [0.2, 0.25) is 0 Å². The Kier molecular flexibility index (Phi) is 2.45. The Bertz CT molecular complexity index is 472. The maximum atomic E-state index is 11.5. The number of rotatable bonds is 4. The summed E-state index contributed by atoms with van der Waals surface area (Å²) in [6.07, 6.45) is 6.19. The Morgan fingerprint density at radius 3 is 2.88 bits per heavy atom. The second-order valence-corrected chi connectivity index (χ2v) is 5.81. The Balaban J connectivity index is 1.71. The van der Waals surface area contributed by atoms with Crippen molar-refractivity contribution in [1.29, 1.82) is 0 Å². The largest absolute Gasteiger partial charge is 0.369 e. The van der Waals surface area contributed by atoms with Gasteiger partial charge in [0.15, 0.2) is 0 Å². The van der Waals surface area contributed by atoms with E-state index < -0.39 is 0 Å². The predicted molar refractivity (Wildman–Crippen MR) is 67.3 cm³/mol. The van der Waals surface area contributed by atoms with E-state index >= 15 is 0 Å². The maximum absolute atomic E-state index is 11.5. The number of hydrogen-bond acceptors (Lipinski definition) is 3. The molecule has 2 aliphatic rings. The molecule has 3 rings (SSSR count). The monoisotopic (exact) mass is 233 g/mol. The molecule has 1 aromatic heterocycles. The Hall–Kier alpha value is -1.32. The van der Waals surface area contributed by atoms with Crippen LogP contribution >= 0.6 is 0 Å². The van der Waals surface area contributed by atoms with Crippen LogP contribution in [0.5, 0.6) is 0 Å². The van der Waals surface area contributed by atoms with Crippen molar-refractivity contribution in [2.45, 2.75) is 44.9 Å². The first-order chi connectivity index (χ1) is 8.15. The van der Waals surface area contributed by atoms with Crippen molar-refractivity contribution in [3.8, 4) is 0 Å². The standard InChI is InChI=1S/C13H19N3O/c1-13(5-2-6-13)8-14-10-7-11(17)16-12(15-10)9-3-4-9/h7,9H,2-6,8H2,1H3,(H2,14,15,16,17). The van der Waals surface area contributed by atoms with Gasteiger partial charge in [-0.05, 0) is 31.1 Å². The second kappa shape index (κ2) is 3.86. The number of hydrogen-bond donors (Lipinski definition) is 2. The van der Waals surface area contributed by atoms with Crippen molar-refractivity contribution in [1.82, 2.24) is 9.97 Å². The van der Waals surface area contributed by atoms with Crippen LogP contribution in [0.4, 0.5) is 5.82 Å². The Morgan fingerprint density at radius 2 is 2.29 bits per heavy atom. The topological polar surface area (TPSA) is 57.8 Å². The van der Waals surface area contributed by atoms with E-state index in [4.69, 9.17) is 0 Å². The van der Waals surface area contributed by atoms with Crippen molar-refractivity contribution in [2.24, 2.45) is 5.41 Å². The summed E-state index contributed by atoms with van der Waals surface area (Å²) in [7, 11) is 0. The third kappa shape index (κ3) is 2.35. The molecular weight excluding hydrogens is 214 g/mol. The zero-order valence-corrected chi connectivity index (χ0v) is 10.3. The molecule has 2 aliphatic carbocycles. The molecule has 1 aromatic rings. The maximum Gasteiger partial charge on any atom is 0.252 e. The lowest BCUT2D eigenvalue weighted by Crippen LogP contribution is -2.33. The zero-order chi connectivity index (χ0) is 11.9. The predicted octanol–water partition coefficient (Wildman–Crippen LogP) is 2.25. The summed E-state index contributed by atoms with van der Waals surface area (Å²) in [4.78, 5) is 18.8. The van der Waals surface area contributed by atoms with E-state index in [0.717, 1.165) is 31.0 Å². The fourth-order valence-electron chi connectivity index (χ4n) is 2.38. The molecule has 0 radical (unpaired) electrons. The minimum Gasteiger partial charge on any atom is -0.369 e. The molecule has 2 fully saturated rings. The number of H-pyrrole nitrogens is 1. The second-order valence-electron chi connectivity index (χ2n) is 5.81. The molecule has 0 saturated heterocycles. The molecule has 0 aromatic carbocycles. The Labute approximate surface area is 101 Å². The first-order valence-electron chi connectivity index (χ1n) is 6.50. The van der Waals surface area contributed by atoms with Crippen LogP contribution in [-0.4, -0.2) is 16.5 Å². The molecule has 4 heteroatoms. The highest BCUT2D eigenvalue weighted by Crippen LogP contribution is 2.40. The van der Waals surface area contributed by atoms with E-state index in [2.05, 4.69) is 22.2 Å². The van der Waals surface area contributed by atoms with E-state index in [9.17, 15) is 4.79 Å². The van der Waals surface area contributed by atoms with Gasteiger partial charge in [0.25, 0.3) is 5.56 Å². The lowest BCUT2D eigenvalue weighted by atomic mass is 9.70. The van der Waals surface area contributed by atoms with Gasteiger partial charge in [-0.3, -0.25) is 4.79 Å². The first kappa shape index (κ1) is 10.8. The van der Waals surface area contributed by atoms with Gasteiger partial charge in [-0.15, -0.1) is 0 Å². The van der Waals surface area contributed by atoms with Gasteiger partial charge < -0.3 is 10.3 Å². The van der Waals surface area contributed by atoms with Crippen LogP contribution in [0.2, 0.25) is 0 Å². The van der Waals surface area contributed by atoms with Gasteiger partial charge in [0, 0.05) is 18.5 Å². The van der Waals surface area contributed by atoms with Gasteiger partial charge in [-0.25, -0.2) is 4.98 Å². The third-order valence-electron chi connectivity index (χ3n) is 3.98. The number of aromatic amines is 1. The highest BCUT2D eigenvalue weighted by atomic mass is 16.1. The molecule has 0 aliphatic heterocycles. The molecule has 0 bridgehead atoms. The molecule has 0 spiro atoms. The summed E-state index contributed by atoms with van der Waals surface area (Å²) in [5.41, 5.74) is 0.368. The van der Waals surface area contributed by atoms with Crippen LogP contribution in [-0.2, 0) is 0 Å². The van der Waals surface area contributed by atoms with Crippen molar-refractivity contribution in [3.63, 3.8) is 0 Å². The fraction of sp³-hybridized carbons (Fsp3) is 0.692. The van der Waals surface area contributed by atoms with Crippen molar-refractivity contribution >= 4 is 5.82 Å². The molecule has 2 N–H and O–H groups in total. The van der Waals surface area contributed by atoms with Gasteiger partial charge in [0.1, 0.15) is 11.6 Å². The molecule has 2 saturated carbocycles. The van der Waals surface area contributed by atoms with Crippen molar-refractivity contribution in [2.75, 3.05) is 11.9 Å². The van der Waals surface area contributed by atoms with Crippen molar-refractivity contribution in [3.05, 3.63) is 22.2 Å². The summed E-state index contributed by atoms with van der Waals surface area (Å²) in [5, 5.41) is 3.32. The smallest absolute Gasteiger partial charge is 0.252 e. The van der Waals surface area contributed by atoms with Crippen LogP contribution in [0, 0.1) is 5.41 Å². The number of anilines is 1. The van der Waals surface area contributed by atoms with Gasteiger partial charge in [-0.2, -0.15) is 0 Å². The van der Waals surface area contributed by atoms with Gasteiger partial charge in [0.05, 0.1) is 0 Å².